The van der Waals surface area contributed by atoms with Crippen molar-refractivity contribution in [2.24, 2.45) is 5.73 Å². The van der Waals surface area contributed by atoms with E-state index in [0.29, 0.717) is 49.6 Å². The number of primary amides is 1. The molecule has 0 aliphatic heterocycles. The molecule has 28 heavy (non-hydrogen) atoms. The summed E-state index contributed by atoms with van der Waals surface area (Å²) in [5.74, 6) is -0.454. The summed E-state index contributed by atoms with van der Waals surface area (Å²) in [6.07, 6.45) is 2.03. The standard InChI is InChI=1S/C17H32BFN4O4S/c1-14(21-12-16(20)25)5-7-22(3)17(28)11-15(13-24)23(4)27-10-9-26-8-6-18(2)19/h13,15,21H,1,5-12H2,2-4H3,(H2,20,25). The lowest BCUT2D eigenvalue weighted by molar-refractivity contribution is -0.176. The molecule has 0 rings (SSSR count). The quantitative estimate of drug-likeness (QED) is 0.117. The van der Waals surface area contributed by atoms with Gasteiger partial charge in [-0.25, -0.2) is 0 Å². The van der Waals surface area contributed by atoms with Crippen LogP contribution in [0.4, 0.5) is 4.32 Å². The van der Waals surface area contributed by atoms with Crippen LogP contribution in [0.1, 0.15) is 12.8 Å². The molecular formula is C17H32BFN4O4S. The number of nitrogens with one attached hydrogen (secondary N) is 1. The molecule has 0 aliphatic carbocycles. The molecule has 1 atom stereocenters. The molecule has 0 saturated carbocycles. The number of likely N-dealkylation sites (N-methyl/N-ethyl adjacent to an activating group) is 1. The lowest BCUT2D eigenvalue weighted by atomic mass is 9.72. The van der Waals surface area contributed by atoms with Crippen LogP contribution in [0.3, 0.4) is 0 Å². The molecule has 0 spiro atoms. The minimum absolute atomic E-state index is 0.0405. The number of hydroxylamine groups is 2. The van der Waals surface area contributed by atoms with Crippen LogP contribution in [0.5, 0.6) is 0 Å². The molecular weight excluding hydrogens is 386 g/mol. The van der Waals surface area contributed by atoms with Crippen molar-refractivity contribution >= 4 is 36.4 Å². The Hall–Kier alpha value is -1.56. The summed E-state index contributed by atoms with van der Waals surface area (Å²) in [7, 11) is 3.48. The summed E-state index contributed by atoms with van der Waals surface area (Å²) in [5, 5.41) is 4.28. The molecule has 1 amide bonds. The number of halogens is 1. The molecule has 0 fully saturated rings. The van der Waals surface area contributed by atoms with E-state index >= 15 is 0 Å². The number of ether oxygens (including phenoxy) is 1. The van der Waals surface area contributed by atoms with Crippen LogP contribution < -0.4 is 11.1 Å². The fourth-order valence-corrected chi connectivity index (χ4v) is 2.27. The molecule has 0 saturated heterocycles. The first-order valence-corrected chi connectivity index (χ1v) is 9.55. The fraction of sp³-hybridized carbons (Fsp3) is 0.706. The Morgan fingerprint density at radius 3 is 2.64 bits per heavy atom. The molecule has 0 aromatic heterocycles. The Morgan fingerprint density at radius 2 is 2.07 bits per heavy atom. The molecule has 11 heteroatoms. The zero-order valence-electron chi connectivity index (χ0n) is 17.0. The Kier molecular flexibility index (Phi) is 14.5. The third-order valence-electron chi connectivity index (χ3n) is 3.88. The van der Waals surface area contributed by atoms with E-state index in [-0.39, 0.29) is 13.2 Å². The van der Waals surface area contributed by atoms with Crippen LogP contribution >= 0.6 is 12.2 Å². The predicted molar refractivity (Wildman–Crippen MR) is 113 cm³/mol. The van der Waals surface area contributed by atoms with E-state index in [9.17, 15) is 13.9 Å². The predicted octanol–water partition coefficient (Wildman–Crippen LogP) is 0.653. The summed E-state index contributed by atoms with van der Waals surface area (Å²) in [5.41, 5.74) is 5.75. The highest BCUT2D eigenvalue weighted by atomic mass is 32.1. The maximum Gasteiger partial charge on any atom is 0.347 e. The lowest BCUT2D eigenvalue weighted by Gasteiger charge is -2.27. The van der Waals surface area contributed by atoms with Crippen molar-refractivity contribution in [3.63, 3.8) is 0 Å². The first kappa shape index (κ1) is 26.4. The highest BCUT2D eigenvalue weighted by molar-refractivity contribution is 7.80. The topological polar surface area (TPSA) is 97.1 Å². The van der Waals surface area contributed by atoms with Gasteiger partial charge in [-0.05, 0) is 6.32 Å². The average Bonchev–Trinajstić information content (AvgIpc) is 2.64. The Balaban J connectivity index is 4.15. The maximum absolute atomic E-state index is 12.6. The zero-order chi connectivity index (χ0) is 21.5. The first-order chi connectivity index (χ1) is 13.2. The van der Waals surface area contributed by atoms with E-state index in [1.165, 1.54) is 11.9 Å². The monoisotopic (exact) mass is 418 g/mol. The third kappa shape index (κ3) is 13.6. The Bertz CT molecular complexity index is 514. The van der Waals surface area contributed by atoms with Gasteiger partial charge in [-0.3, -0.25) is 9.63 Å². The van der Waals surface area contributed by atoms with Crippen LogP contribution in [0.15, 0.2) is 12.3 Å². The summed E-state index contributed by atoms with van der Waals surface area (Å²) in [6, 6.07) is -0.531. The van der Waals surface area contributed by atoms with Gasteiger partial charge in [0, 0.05) is 45.8 Å². The van der Waals surface area contributed by atoms with E-state index in [2.05, 4.69) is 11.9 Å². The largest absolute Gasteiger partial charge is 0.380 e. The van der Waals surface area contributed by atoms with E-state index in [1.807, 2.05) is 11.9 Å². The molecule has 0 aliphatic rings. The second-order valence-corrected chi connectivity index (χ2v) is 6.93. The fourth-order valence-electron chi connectivity index (χ4n) is 2.01. The molecule has 3 N–H and O–H groups in total. The van der Waals surface area contributed by atoms with Gasteiger partial charge in [0.05, 0.1) is 30.8 Å². The Morgan fingerprint density at radius 1 is 1.39 bits per heavy atom. The minimum atomic E-state index is -0.892. The van der Waals surface area contributed by atoms with Gasteiger partial charge < -0.3 is 29.8 Å². The van der Waals surface area contributed by atoms with Crippen molar-refractivity contribution in [1.82, 2.24) is 15.3 Å². The molecule has 0 aromatic rings. The van der Waals surface area contributed by atoms with Gasteiger partial charge in [0.25, 0.3) is 0 Å². The summed E-state index contributed by atoms with van der Waals surface area (Å²) in [4.78, 5) is 30.0. The molecule has 0 heterocycles. The molecule has 0 aromatic carbocycles. The highest BCUT2D eigenvalue weighted by Crippen LogP contribution is 2.07. The summed E-state index contributed by atoms with van der Waals surface area (Å²) in [6.45, 7) is 5.94. The van der Waals surface area contributed by atoms with Crippen molar-refractivity contribution in [2.45, 2.75) is 32.0 Å². The van der Waals surface area contributed by atoms with Crippen LogP contribution in [0.25, 0.3) is 0 Å². The normalized spacial score (nSPS) is 11.8. The zero-order valence-corrected chi connectivity index (χ0v) is 17.8. The van der Waals surface area contributed by atoms with Gasteiger partial charge in [-0.2, -0.15) is 5.06 Å². The second-order valence-electron chi connectivity index (χ2n) is 6.46. The number of carbonyl (C=O) groups excluding carboxylic acids is 2. The summed E-state index contributed by atoms with van der Waals surface area (Å²) < 4.78 is 17.9. The van der Waals surface area contributed by atoms with Crippen molar-refractivity contribution in [3.05, 3.63) is 12.3 Å². The molecule has 8 nitrogen and oxygen atoms in total. The number of rotatable bonds is 17. The van der Waals surface area contributed by atoms with E-state index in [4.69, 9.17) is 27.5 Å². The number of amides is 1. The first-order valence-electron chi connectivity index (χ1n) is 9.14. The minimum Gasteiger partial charge on any atom is -0.380 e. The van der Waals surface area contributed by atoms with Gasteiger partial charge in [0.2, 0.25) is 5.91 Å². The third-order valence-corrected chi connectivity index (χ3v) is 4.36. The number of hydrogen-bond donors (Lipinski definition) is 2. The van der Waals surface area contributed by atoms with Crippen molar-refractivity contribution in [3.8, 4) is 0 Å². The second kappa shape index (κ2) is 15.4. The average molecular weight is 418 g/mol. The number of nitrogens with zero attached hydrogens (tertiary/aromatic N) is 2. The summed E-state index contributed by atoms with van der Waals surface area (Å²) >= 11 is 5.39. The molecule has 0 bridgehead atoms. The Labute approximate surface area is 172 Å². The van der Waals surface area contributed by atoms with Gasteiger partial charge in [-0.1, -0.05) is 25.6 Å². The van der Waals surface area contributed by atoms with Gasteiger partial charge in [0.1, 0.15) is 6.29 Å². The highest BCUT2D eigenvalue weighted by Gasteiger charge is 2.19. The molecule has 0 radical (unpaired) electrons. The van der Waals surface area contributed by atoms with Crippen LogP contribution in [0, 0.1) is 0 Å². The van der Waals surface area contributed by atoms with Crippen molar-refractivity contribution in [2.75, 3.05) is 47.0 Å². The van der Waals surface area contributed by atoms with E-state index < -0.39 is 18.9 Å². The van der Waals surface area contributed by atoms with Crippen molar-refractivity contribution in [1.29, 1.82) is 0 Å². The number of carbonyl (C=O) groups is 2. The number of aldehydes is 1. The maximum atomic E-state index is 12.6. The number of nitrogens with two attached hydrogens (primary N) is 1. The van der Waals surface area contributed by atoms with Gasteiger partial charge >= 0.3 is 6.99 Å². The van der Waals surface area contributed by atoms with E-state index in [0.717, 1.165) is 6.29 Å². The van der Waals surface area contributed by atoms with Gasteiger partial charge in [0.15, 0.2) is 0 Å². The van der Waals surface area contributed by atoms with Crippen LogP contribution in [0.2, 0.25) is 13.1 Å². The number of hydrogen-bond acceptors (Lipinski definition) is 7. The van der Waals surface area contributed by atoms with Crippen molar-refractivity contribution < 1.29 is 23.5 Å². The SMILES string of the molecule is C=C(CCN(C)C(=S)CC(C=O)N(C)OCCOCCB(C)F)NCC(N)=O. The molecule has 1 unspecified atom stereocenters. The van der Waals surface area contributed by atoms with Gasteiger partial charge in [-0.15, -0.1) is 0 Å². The number of thiocarbonyl (C=S) groups is 1. The lowest BCUT2D eigenvalue weighted by Crippen LogP contribution is -2.39. The van der Waals surface area contributed by atoms with Crippen LogP contribution in [-0.2, 0) is 19.2 Å². The molecule has 160 valence electrons. The van der Waals surface area contributed by atoms with E-state index in [1.54, 1.807) is 7.05 Å². The smallest absolute Gasteiger partial charge is 0.347 e. The van der Waals surface area contributed by atoms with Crippen LogP contribution in [-0.4, -0.2) is 87.2 Å².